The fraction of sp³-hybridized carbons (Fsp3) is 0.143. The molecule has 0 radical (unpaired) electrons. The number of hydrogen-bond donors (Lipinski definition) is 1. The number of nitrogens with zero attached hydrogens (tertiary/aromatic N) is 2. The van der Waals surface area contributed by atoms with Crippen molar-refractivity contribution in [3.05, 3.63) is 59.2 Å². The molecule has 0 spiro atoms. The van der Waals surface area contributed by atoms with Crippen LogP contribution in [0.15, 0.2) is 36.5 Å². The van der Waals surface area contributed by atoms with Crippen LogP contribution in [-0.2, 0) is 6.54 Å². The van der Waals surface area contributed by atoms with Crippen molar-refractivity contribution >= 4 is 5.69 Å². The van der Waals surface area contributed by atoms with Gasteiger partial charge in [0.15, 0.2) is 0 Å². The van der Waals surface area contributed by atoms with Crippen molar-refractivity contribution in [1.29, 1.82) is 5.26 Å². The predicted octanol–water partition coefficient (Wildman–Crippen LogP) is 3.01. The molecule has 1 N–H and O–H groups in total. The number of aromatic nitrogens is 1. The monoisotopic (exact) mass is 241 g/mol. The molecule has 0 aliphatic carbocycles. The van der Waals surface area contributed by atoms with E-state index in [-0.39, 0.29) is 5.56 Å². The third-order valence-electron chi connectivity index (χ3n) is 2.67. The van der Waals surface area contributed by atoms with E-state index in [9.17, 15) is 4.39 Å². The highest BCUT2D eigenvalue weighted by molar-refractivity contribution is 5.48. The van der Waals surface area contributed by atoms with Gasteiger partial charge in [-0.25, -0.2) is 4.39 Å². The molecule has 2 aromatic rings. The SMILES string of the molecule is Cc1cccnc1CNc1ccc(C#N)c(F)c1. The van der Waals surface area contributed by atoms with E-state index < -0.39 is 5.82 Å². The molecule has 0 aliphatic rings. The van der Waals surface area contributed by atoms with Gasteiger partial charge in [-0.1, -0.05) is 6.07 Å². The number of anilines is 1. The lowest BCUT2D eigenvalue weighted by atomic mass is 10.2. The molecule has 4 heteroatoms. The maximum atomic E-state index is 13.4. The molecule has 3 nitrogen and oxygen atoms in total. The molecular formula is C14H12FN3. The van der Waals surface area contributed by atoms with E-state index in [0.717, 1.165) is 11.3 Å². The summed E-state index contributed by atoms with van der Waals surface area (Å²) in [6.07, 6.45) is 1.73. The van der Waals surface area contributed by atoms with Gasteiger partial charge in [-0.2, -0.15) is 5.26 Å². The van der Waals surface area contributed by atoms with Crippen molar-refractivity contribution in [3.63, 3.8) is 0 Å². The van der Waals surface area contributed by atoms with Gasteiger partial charge in [-0.15, -0.1) is 0 Å². The number of benzene rings is 1. The molecule has 18 heavy (non-hydrogen) atoms. The second-order valence-corrected chi connectivity index (χ2v) is 3.93. The Morgan fingerprint density at radius 1 is 1.39 bits per heavy atom. The van der Waals surface area contributed by atoms with Crippen LogP contribution in [0.3, 0.4) is 0 Å². The zero-order valence-corrected chi connectivity index (χ0v) is 9.94. The fourth-order valence-electron chi connectivity index (χ4n) is 1.60. The van der Waals surface area contributed by atoms with Crippen LogP contribution in [-0.4, -0.2) is 4.98 Å². The van der Waals surface area contributed by atoms with E-state index in [0.29, 0.717) is 12.2 Å². The average Bonchev–Trinajstić information content (AvgIpc) is 2.38. The number of nitrogens with one attached hydrogen (secondary N) is 1. The summed E-state index contributed by atoms with van der Waals surface area (Å²) < 4.78 is 13.4. The third kappa shape index (κ3) is 2.64. The number of nitriles is 1. The maximum Gasteiger partial charge on any atom is 0.143 e. The van der Waals surface area contributed by atoms with Crippen molar-refractivity contribution in [2.24, 2.45) is 0 Å². The van der Waals surface area contributed by atoms with E-state index in [1.165, 1.54) is 12.1 Å². The molecule has 0 fully saturated rings. The summed E-state index contributed by atoms with van der Waals surface area (Å²) in [6, 6.07) is 10.1. The van der Waals surface area contributed by atoms with E-state index >= 15 is 0 Å². The topological polar surface area (TPSA) is 48.7 Å². The molecule has 0 aliphatic heterocycles. The van der Waals surface area contributed by atoms with Gasteiger partial charge in [0.1, 0.15) is 11.9 Å². The van der Waals surface area contributed by atoms with Crippen LogP contribution in [0.25, 0.3) is 0 Å². The molecule has 1 aromatic heterocycles. The molecule has 0 saturated carbocycles. The Kier molecular flexibility index (Phi) is 3.54. The zero-order valence-electron chi connectivity index (χ0n) is 9.94. The smallest absolute Gasteiger partial charge is 0.143 e. The highest BCUT2D eigenvalue weighted by atomic mass is 19.1. The van der Waals surface area contributed by atoms with Crippen LogP contribution < -0.4 is 5.32 Å². The minimum Gasteiger partial charge on any atom is -0.379 e. The van der Waals surface area contributed by atoms with Gasteiger partial charge < -0.3 is 5.32 Å². The molecule has 1 heterocycles. The van der Waals surface area contributed by atoms with Crippen LogP contribution in [0.4, 0.5) is 10.1 Å². The minimum absolute atomic E-state index is 0.0505. The summed E-state index contributed by atoms with van der Waals surface area (Å²) in [7, 11) is 0. The number of aryl methyl sites for hydroxylation is 1. The van der Waals surface area contributed by atoms with Gasteiger partial charge in [0, 0.05) is 11.9 Å². The first-order valence-corrected chi connectivity index (χ1v) is 5.54. The molecule has 0 amide bonds. The standard InChI is InChI=1S/C14H12FN3/c1-10-3-2-6-17-14(10)9-18-12-5-4-11(8-16)13(15)7-12/h2-7,18H,9H2,1H3. The first kappa shape index (κ1) is 12.1. The van der Waals surface area contributed by atoms with Gasteiger partial charge >= 0.3 is 0 Å². The average molecular weight is 241 g/mol. The van der Waals surface area contributed by atoms with Crippen molar-refractivity contribution < 1.29 is 4.39 Å². The van der Waals surface area contributed by atoms with Gasteiger partial charge in [0.25, 0.3) is 0 Å². The highest BCUT2D eigenvalue weighted by Gasteiger charge is 2.03. The van der Waals surface area contributed by atoms with Crippen molar-refractivity contribution in [2.75, 3.05) is 5.32 Å². The Morgan fingerprint density at radius 2 is 2.22 bits per heavy atom. The lowest BCUT2D eigenvalue weighted by molar-refractivity contribution is 0.624. The van der Waals surface area contributed by atoms with Crippen molar-refractivity contribution in [3.8, 4) is 6.07 Å². The molecule has 2 rings (SSSR count). The Bertz CT molecular complexity index is 602. The van der Waals surface area contributed by atoms with E-state index in [1.807, 2.05) is 19.1 Å². The number of rotatable bonds is 3. The summed E-state index contributed by atoms with van der Waals surface area (Å²) in [4.78, 5) is 4.24. The summed E-state index contributed by atoms with van der Waals surface area (Å²) >= 11 is 0. The van der Waals surface area contributed by atoms with E-state index in [1.54, 1.807) is 18.3 Å². The van der Waals surface area contributed by atoms with E-state index in [2.05, 4.69) is 10.3 Å². The summed E-state index contributed by atoms with van der Waals surface area (Å²) in [5, 5.41) is 11.7. The maximum absolute atomic E-state index is 13.4. The molecule has 90 valence electrons. The van der Waals surface area contributed by atoms with E-state index in [4.69, 9.17) is 5.26 Å². The first-order chi connectivity index (χ1) is 8.70. The molecule has 0 atom stereocenters. The van der Waals surface area contributed by atoms with Crippen LogP contribution in [0.2, 0.25) is 0 Å². The highest BCUT2D eigenvalue weighted by Crippen LogP contribution is 2.15. The molecule has 0 saturated heterocycles. The zero-order chi connectivity index (χ0) is 13.0. The Balaban J connectivity index is 2.10. The second-order valence-electron chi connectivity index (χ2n) is 3.93. The largest absolute Gasteiger partial charge is 0.379 e. The Morgan fingerprint density at radius 3 is 2.89 bits per heavy atom. The van der Waals surface area contributed by atoms with Gasteiger partial charge in [0.2, 0.25) is 0 Å². The van der Waals surface area contributed by atoms with Gasteiger partial charge in [-0.05, 0) is 36.8 Å². The van der Waals surface area contributed by atoms with Crippen LogP contribution in [0.1, 0.15) is 16.8 Å². The van der Waals surface area contributed by atoms with Crippen LogP contribution in [0.5, 0.6) is 0 Å². The van der Waals surface area contributed by atoms with Crippen LogP contribution >= 0.6 is 0 Å². The molecule has 0 unspecified atom stereocenters. The quantitative estimate of drug-likeness (QED) is 0.898. The number of halogens is 1. The lowest BCUT2D eigenvalue weighted by Crippen LogP contribution is -2.03. The Labute approximate surface area is 105 Å². The first-order valence-electron chi connectivity index (χ1n) is 5.54. The second kappa shape index (κ2) is 5.28. The summed E-state index contributed by atoms with van der Waals surface area (Å²) in [6.45, 7) is 2.50. The third-order valence-corrected chi connectivity index (χ3v) is 2.67. The summed E-state index contributed by atoms with van der Waals surface area (Å²) in [5.74, 6) is -0.514. The fourth-order valence-corrected chi connectivity index (χ4v) is 1.60. The van der Waals surface area contributed by atoms with Crippen molar-refractivity contribution in [2.45, 2.75) is 13.5 Å². The number of hydrogen-bond acceptors (Lipinski definition) is 3. The van der Waals surface area contributed by atoms with Crippen LogP contribution in [0, 0.1) is 24.1 Å². The van der Waals surface area contributed by atoms with Crippen molar-refractivity contribution in [1.82, 2.24) is 4.98 Å². The number of pyridine rings is 1. The molecular weight excluding hydrogens is 229 g/mol. The minimum atomic E-state index is -0.514. The normalized spacial score (nSPS) is 9.83. The Hall–Kier alpha value is -2.41. The molecule has 1 aromatic carbocycles. The van der Waals surface area contributed by atoms with Gasteiger partial charge in [-0.3, -0.25) is 4.98 Å². The lowest BCUT2D eigenvalue weighted by Gasteiger charge is -2.08. The van der Waals surface area contributed by atoms with Gasteiger partial charge in [0.05, 0.1) is 17.8 Å². The summed E-state index contributed by atoms with van der Waals surface area (Å²) in [5.41, 5.74) is 2.69. The predicted molar refractivity (Wildman–Crippen MR) is 67.4 cm³/mol. The molecule has 0 bridgehead atoms.